The third-order valence-electron chi connectivity index (χ3n) is 3.02. The molecule has 3 nitrogen and oxygen atoms in total. The van der Waals surface area contributed by atoms with Crippen LogP contribution in [-0.4, -0.2) is 24.2 Å². The number of benzene rings is 1. The fourth-order valence-electron chi connectivity index (χ4n) is 1.96. The van der Waals surface area contributed by atoms with Gasteiger partial charge in [0.1, 0.15) is 17.3 Å². The van der Waals surface area contributed by atoms with E-state index in [1.807, 2.05) is 13.0 Å². The first-order valence-electron chi connectivity index (χ1n) is 5.62. The van der Waals surface area contributed by atoms with E-state index in [2.05, 4.69) is 0 Å². The van der Waals surface area contributed by atoms with Crippen LogP contribution in [0.1, 0.15) is 23.7 Å². The summed E-state index contributed by atoms with van der Waals surface area (Å²) in [5, 5.41) is 8.71. The maximum absolute atomic E-state index is 13.8. The van der Waals surface area contributed by atoms with Gasteiger partial charge in [-0.2, -0.15) is 0 Å². The van der Waals surface area contributed by atoms with Gasteiger partial charge in [-0.1, -0.05) is 11.6 Å². The predicted octanol–water partition coefficient (Wildman–Crippen LogP) is 2.82. The second-order valence-corrected chi connectivity index (χ2v) is 4.34. The Bertz CT molecular complexity index is 503. The molecule has 1 N–H and O–H groups in total. The maximum Gasteiger partial charge on any atom is 0.335 e. The summed E-state index contributed by atoms with van der Waals surface area (Å²) in [6.07, 6.45) is 2.66. The summed E-state index contributed by atoms with van der Waals surface area (Å²) in [5.41, 5.74) is 0.662. The van der Waals surface area contributed by atoms with E-state index >= 15 is 0 Å². The van der Waals surface area contributed by atoms with Gasteiger partial charge in [-0.15, -0.1) is 0 Å². The van der Waals surface area contributed by atoms with Crippen molar-refractivity contribution in [3.05, 3.63) is 41.0 Å². The van der Waals surface area contributed by atoms with E-state index in [9.17, 15) is 13.6 Å². The Morgan fingerprint density at radius 2 is 1.94 bits per heavy atom. The van der Waals surface area contributed by atoms with Crippen LogP contribution in [0.15, 0.2) is 23.8 Å². The maximum atomic E-state index is 13.8. The van der Waals surface area contributed by atoms with Crippen LogP contribution in [0, 0.1) is 11.6 Å². The molecule has 0 amide bonds. The number of carbonyl (C=O) groups is 1. The van der Waals surface area contributed by atoms with Crippen LogP contribution in [0.4, 0.5) is 14.5 Å². The first kappa shape index (κ1) is 12.5. The number of hydrogen-bond donors (Lipinski definition) is 1. The van der Waals surface area contributed by atoms with Crippen LogP contribution < -0.4 is 4.90 Å². The lowest BCUT2D eigenvalue weighted by molar-refractivity contribution is 0.0696. The zero-order chi connectivity index (χ0) is 13.3. The minimum Gasteiger partial charge on any atom is -0.478 e. The summed E-state index contributed by atoms with van der Waals surface area (Å²) in [4.78, 5) is 12.3. The van der Waals surface area contributed by atoms with Gasteiger partial charge in [0.05, 0.1) is 5.56 Å². The van der Waals surface area contributed by atoms with E-state index in [4.69, 9.17) is 5.11 Å². The van der Waals surface area contributed by atoms with Gasteiger partial charge in [-0.05, 0) is 25.5 Å². The predicted molar refractivity (Wildman–Crippen MR) is 63.9 cm³/mol. The number of rotatable bonds is 2. The topological polar surface area (TPSA) is 40.5 Å². The van der Waals surface area contributed by atoms with Crippen LogP contribution in [0.25, 0.3) is 0 Å². The van der Waals surface area contributed by atoms with Crippen molar-refractivity contribution in [2.75, 3.05) is 18.0 Å². The summed E-state index contributed by atoms with van der Waals surface area (Å²) in [6, 6.07) is 1.71. The Morgan fingerprint density at radius 1 is 1.33 bits per heavy atom. The normalized spacial score (nSPS) is 15.5. The molecule has 0 unspecified atom stereocenters. The van der Waals surface area contributed by atoms with Crippen LogP contribution in [-0.2, 0) is 0 Å². The van der Waals surface area contributed by atoms with E-state index in [0.29, 0.717) is 13.1 Å². The summed E-state index contributed by atoms with van der Waals surface area (Å²) in [5.74, 6) is -3.01. The number of halogens is 2. The third-order valence-corrected chi connectivity index (χ3v) is 3.02. The van der Waals surface area contributed by atoms with Crippen molar-refractivity contribution >= 4 is 11.7 Å². The highest BCUT2D eigenvalue weighted by atomic mass is 19.1. The van der Waals surface area contributed by atoms with Crippen molar-refractivity contribution < 1.29 is 18.7 Å². The van der Waals surface area contributed by atoms with Gasteiger partial charge in [0.2, 0.25) is 0 Å². The van der Waals surface area contributed by atoms with Gasteiger partial charge >= 0.3 is 5.97 Å². The van der Waals surface area contributed by atoms with Gasteiger partial charge < -0.3 is 10.0 Å². The Morgan fingerprint density at radius 3 is 2.39 bits per heavy atom. The second kappa shape index (κ2) is 4.76. The van der Waals surface area contributed by atoms with Gasteiger partial charge in [-0.25, -0.2) is 13.6 Å². The minimum atomic E-state index is -1.34. The molecule has 1 heterocycles. The molecule has 2 rings (SSSR count). The van der Waals surface area contributed by atoms with E-state index in [0.717, 1.165) is 18.6 Å². The largest absolute Gasteiger partial charge is 0.478 e. The van der Waals surface area contributed by atoms with Crippen molar-refractivity contribution in [3.8, 4) is 0 Å². The van der Waals surface area contributed by atoms with Crippen molar-refractivity contribution in [3.63, 3.8) is 0 Å². The molecule has 0 aliphatic carbocycles. The van der Waals surface area contributed by atoms with Gasteiger partial charge in [0.25, 0.3) is 0 Å². The lowest BCUT2D eigenvalue weighted by atomic mass is 10.1. The number of carboxylic acid groups (broad SMARTS) is 1. The summed E-state index contributed by atoms with van der Waals surface area (Å²) >= 11 is 0. The molecule has 0 atom stereocenters. The fourth-order valence-corrected chi connectivity index (χ4v) is 1.96. The van der Waals surface area contributed by atoms with E-state index < -0.39 is 17.6 Å². The summed E-state index contributed by atoms with van der Waals surface area (Å²) in [7, 11) is 0. The number of anilines is 1. The zero-order valence-electron chi connectivity index (χ0n) is 9.91. The van der Waals surface area contributed by atoms with Crippen LogP contribution in [0.5, 0.6) is 0 Å². The van der Waals surface area contributed by atoms with Crippen LogP contribution in [0.2, 0.25) is 0 Å². The third kappa shape index (κ3) is 2.34. The average molecular weight is 253 g/mol. The minimum absolute atomic E-state index is 0.149. The van der Waals surface area contributed by atoms with E-state index in [1.54, 1.807) is 4.90 Å². The van der Waals surface area contributed by atoms with Crippen molar-refractivity contribution in [2.24, 2.45) is 0 Å². The Hall–Kier alpha value is -1.91. The van der Waals surface area contributed by atoms with Crippen molar-refractivity contribution in [1.29, 1.82) is 0 Å². The lowest BCUT2D eigenvalue weighted by Gasteiger charge is -2.28. The Labute approximate surface area is 103 Å². The molecule has 0 spiro atoms. The molecule has 1 aromatic carbocycles. The van der Waals surface area contributed by atoms with Gasteiger partial charge in [0.15, 0.2) is 0 Å². The molecule has 1 aliphatic rings. The zero-order valence-corrected chi connectivity index (χ0v) is 9.91. The molecule has 1 aliphatic heterocycles. The number of nitrogens with zero attached hydrogens (tertiary/aromatic N) is 1. The molecule has 96 valence electrons. The molecule has 0 saturated heterocycles. The monoisotopic (exact) mass is 253 g/mol. The van der Waals surface area contributed by atoms with Crippen LogP contribution in [0.3, 0.4) is 0 Å². The molecular weight excluding hydrogens is 240 g/mol. The standard InChI is InChI=1S/C13H13F2NO2/c1-8-2-4-16(5-3-8)12-10(14)6-9(13(17)18)7-11(12)15/h2,6-7H,3-5H2,1H3,(H,17,18). The van der Waals surface area contributed by atoms with E-state index in [1.165, 1.54) is 5.57 Å². The number of hydrogen-bond acceptors (Lipinski definition) is 2. The SMILES string of the molecule is CC1=CCN(c2c(F)cc(C(=O)O)cc2F)CC1. The molecular formula is C13H13F2NO2. The molecule has 0 bridgehead atoms. The molecule has 5 heteroatoms. The highest BCUT2D eigenvalue weighted by molar-refractivity contribution is 5.88. The second-order valence-electron chi connectivity index (χ2n) is 4.34. The van der Waals surface area contributed by atoms with Crippen molar-refractivity contribution in [2.45, 2.75) is 13.3 Å². The van der Waals surface area contributed by atoms with Crippen LogP contribution >= 0.6 is 0 Å². The van der Waals surface area contributed by atoms with Crippen molar-refractivity contribution in [1.82, 2.24) is 0 Å². The first-order chi connectivity index (χ1) is 8.49. The Kier molecular flexibility index (Phi) is 3.32. The smallest absolute Gasteiger partial charge is 0.335 e. The quantitative estimate of drug-likeness (QED) is 0.824. The van der Waals surface area contributed by atoms with Gasteiger partial charge in [0, 0.05) is 13.1 Å². The molecule has 0 aromatic heterocycles. The van der Waals surface area contributed by atoms with Gasteiger partial charge in [-0.3, -0.25) is 0 Å². The average Bonchev–Trinajstić information content (AvgIpc) is 2.30. The molecule has 18 heavy (non-hydrogen) atoms. The summed E-state index contributed by atoms with van der Waals surface area (Å²) in [6.45, 7) is 2.94. The molecule has 0 saturated carbocycles. The van der Waals surface area contributed by atoms with E-state index in [-0.39, 0.29) is 11.3 Å². The molecule has 0 radical (unpaired) electrons. The fraction of sp³-hybridized carbons (Fsp3) is 0.308. The first-order valence-corrected chi connectivity index (χ1v) is 5.62. The number of carboxylic acids is 1. The molecule has 0 fully saturated rings. The highest BCUT2D eigenvalue weighted by Gasteiger charge is 2.20. The lowest BCUT2D eigenvalue weighted by Crippen LogP contribution is -2.30. The highest BCUT2D eigenvalue weighted by Crippen LogP contribution is 2.27. The number of aromatic carboxylic acids is 1. The molecule has 1 aromatic rings. The summed E-state index contributed by atoms with van der Waals surface area (Å²) < 4.78 is 27.6. The Balaban J connectivity index is 2.37.